The van der Waals surface area contributed by atoms with Crippen molar-refractivity contribution in [2.24, 2.45) is 5.92 Å². The van der Waals surface area contributed by atoms with Gasteiger partial charge in [-0.2, -0.15) is 0 Å². The normalized spacial score (nSPS) is 20.1. The van der Waals surface area contributed by atoms with Crippen LogP contribution in [0.15, 0.2) is 24.3 Å². The van der Waals surface area contributed by atoms with E-state index in [0.717, 1.165) is 26.1 Å². The lowest BCUT2D eigenvalue weighted by atomic mass is 9.94. The lowest BCUT2D eigenvalue weighted by Gasteiger charge is -2.35. The fourth-order valence-electron chi connectivity index (χ4n) is 2.86. The summed E-state index contributed by atoms with van der Waals surface area (Å²) in [5, 5.41) is 12.3. The summed E-state index contributed by atoms with van der Waals surface area (Å²) in [7, 11) is 1.99. The van der Waals surface area contributed by atoms with Crippen LogP contribution in [-0.4, -0.2) is 31.9 Å². The van der Waals surface area contributed by atoms with E-state index in [2.05, 4.69) is 34.5 Å². The highest BCUT2D eigenvalue weighted by atomic mass is 16.3. The lowest BCUT2D eigenvalue weighted by Crippen LogP contribution is -2.36. The molecule has 2 rings (SSSR count). The molecule has 0 aromatic heterocycles. The molecule has 1 unspecified atom stereocenters. The zero-order chi connectivity index (χ0) is 12.8. The second-order valence-corrected chi connectivity index (χ2v) is 5.13. The molecule has 1 aliphatic heterocycles. The SMILES string of the molecule is CNCc1ccccc1N1CCCC(CCO)C1. The molecule has 1 aromatic rings. The van der Waals surface area contributed by atoms with Crippen molar-refractivity contribution in [3.63, 3.8) is 0 Å². The summed E-state index contributed by atoms with van der Waals surface area (Å²) >= 11 is 0. The molecule has 0 spiro atoms. The van der Waals surface area contributed by atoms with E-state index in [-0.39, 0.29) is 0 Å². The Morgan fingerprint density at radius 1 is 1.39 bits per heavy atom. The Morgan fingerprint density at radius 2 is 2.22 bits per heavy atom. The monoisotopic (exact) mass is 248 g/mol. The summed E-state index contributed by atoms with van der Waals surface area (Å²) in [4.78, 5) is 2.48. The number of rotatable bonds is 5. The molecular weight excluding hydrogens is 224 g/mol. The van der Waals surface area contributed by atoms with Crippen LogP contribution in [0.4, 0.5) is 5.69 Å². The number of benzene rings is 1. The van der Waals surface area contributed by atoms with Gasteiger partial charge in [0.25, 0.3) is 0 Å². The Bertz CT molecular complexity index is 365. The van der Waals surface area contributed by atoms with Gasteiger partial charge in [-0.3, -0.25) is 0 Å². The standard InChI is InChI=1S/C15H24N2O/c1-16-11-14-6-2-3-7-15(14)17-9-4-5-13(12-17)8-10-18/h2-3,6-7,13,16,18H,4-5,8-12H2,1H3. The van der Waals surface area contributed by atoms with Crippen LogP contribution in [0.5, 0.6) is 0 Å². The van der Waals surface area contributed by atoms with E-state index >= 15 is 0 Å². The minimum Gasteiger partial charge on any atom is -0.396 e. The summed E-state index contributed by atoms with van der Waals surface area (Å²) in [6.07, 6.45) is 3.43. The van der Waals surface area contributed by atoms with Crippen molar-refractivity contribution in [1.82, 2.24) is 5.32 Å². The Balaban J connectivity index is 2.10. The van der Waals surface area contributed by atoms with E-state index in [0.29, 0.717) is 12.5 Å². The molecule has 0 radical (unpaired) electrons. The zero-order valence-corrected chi connectivity index (χ0v) is 11.2. The molecule has 2 N–H and O–H groups in total. The quantitative estimate of drug-likeness (QED) is 0.836. The Morgan fingerprint density at radius 3 is 3.00 bits per heavy atom. The largest absolute Gasteiger partial charge is 0.396 e. The van der Waals surface area contributed by atoms with Gasteiger partial charge in [-0.05, 0) is 43.9 Å². The molecule has 100 valence electrons. The van der Waals surface area contributed by atoms with Gasteiger partial charge < -0.3 is 15.3 Å². The lowest BCUT2D eigenvalue weighted by molar-refractivity contribution is 0.244. The molecule has 3 nitrogen and oxygen atoms in total. The van der Waals surface area contributed by atoms with Gasteiger partial charge in [0.15, 0.2) is 0 Å². The number of anilines is 1. The number of hydrogen-bond acceptors (Lipinski definition) is 3. The van der Waals surface area contributed by atoms with Gasteiger partial charge in [0.1, 0.15) is 0 Å². The highest BCUT2D eigenvalue weighted by Gasteiger charge is 2.20. The van der Waals surface area contributed by atoms with Crippen LogP contribution in [0.2, 0.25) is 0 Å². The van der Waals surface area contributed by atoms with Crippen LogP contribution in [0.3, 0.4) is 0 Å². The molecular formula is C15H24N2O. The summed E-state index contributed by atoms with van der Waals surface area (Å²) in [5.74, 6) is 0.645. The third-order valence-corrected chi connectivity index (χ3v) is 3.76. The van der Waals surface area contributed by atoms with E-state index in [9.17, 15) is 0 Å². The van der Waals surface area contributed by atoms with Crippen LogP contribution >= 0.6 is 0 Å². The first kappa shape index (κ1) is 13.4. The molecule has 0 saturated carbocycles. The number of hydrogen-bond donors (Lipinski definition) is 2. The summed E-state index contributed by atoms with van der Waals surface area (Å²) in [5.41, 5.74) is 2.72. The Labute approximate surface area is 110 Å². The zero-order valence-electron chi connectivity index (χ0n) is 11.2. The third-order valence-electron chi connectivity index (χ3n) is 3.76. The maximum Gasteiger partial charge on any atom is 0.0434 e. The van der Waals surface area contributed by atoms with Crippen LogP contribution < -0.4 is 10.2 Å². The van der Waals surface area contributed by atoms with Crippen LogP contribution in [-0.2, 0) is 6.54 Å². The van der Waals surface area contributed by atoms with Crippen molar-refractivity contribution in [3.05, 3.63) is 29.8 Å². The van der Waals surface area contributed by atoms with Gasteiger partial charge in [0.05, 0.1) is 0 Å². The second kappa shape index (κ2) is 6.76. The molecule has 1 atom stereocenters. The number of aliphatic hydroxyl groups excluding tert-OH is 1. The van der Waals surface area contributed by atoms with E-state index in [4.69, 9.17) is 5.11 Å². The van der Waals surface area contributed by atoms with Crippen LogP contribution in [0.1, 0.15) is 24.8 Å². The molecule has 1 aliphatic rings. The Kier molecular flexibility index (Phi) is 5.02. The van der Waals surface area contributed by atoms with E-state index < -0.39 is 0 Å². The van der Waals surface area contributed by atoms with Crippen molar-refractivity contribution in [1.29, 1.82) is 0 Å². The average molecular weight is 248 g/mol. The predicted octanol–water partition coefficient (Wildman–Crippen LogP) is 2.00. The first-order valence-corrected chi connectivity index (χ1v) is 6.93. The smallest absolute Gasteiger partial charge is 0.0434 e. The number of aliphatic hydroxyl groups is 1. The number of nitrogens with zero attached hydrogens (tertiary/aromatic N) is 1. The van der Waals surface area contributed by atoms with Gasteiger partial charge in [0.2, 0.25) is 0 Å². The summed E-state index contributed by atoms with van der Waals surface area (Å²) in [6.45, 7) is 3.46. The molecule has 3 heteroatoms. The number of piperidine rings is 1. The van der Waals surface area contributed by atoms with Crippen molar-refractivity contribution in [2.75, 3.05) is 31.6 Å². The first-order valence-electron chi connectivity index (χ1n) is 6.93. The molecule has 18 heavy (non-hydrogen) atoms. The molecule has 0 aliphatic carbocycles. The van der Waals surface area contributed by atoms with Gasteiger partial charge >= 0.3 is 0 Å². The number of nitrogens with one attached hydrogen (secondary N) is 1. The molecule has 1 fully saturated rings. The van der Waals surface area contributed by atoms with E-state index in [1.54, 1.807) is 0 Å². The van der Waals surface area contributed by atoms with E-state index in [1.165, 1.54) is 24.1 Å². The first-order chi connectivity index (χ1) is 8.85. The van der Waals surface area contributed by atoms with E-state index in [1.807, 2.05) is 7.05 Å². The Hall–Kier alpha value is -1.06. The van der Waals surface area contributed by atoms with Crippen molar-refractivity contribution in [3.8, 4) is 0 Å². The highest BCUT2D eigenvalue weighted by Crippen LogP contribution is 2.27. The van der Waals surface area contributed by atoms with Gasteiger partial charge in [-0.1, -0.05) is 18.2 Å². The molecule has 0 bridgehead atoms. The van der Waals surface area contributed by atoms with Crippen LogP contribution in [0.25, 0.3) is 0 Å². The molecule has 1 heterocycles. The van der Waals surface area contributed by atoms with Crippen molar-refractivity contribution >= 4 is 5.69 Å². The average Bonchev–Trinajstić information content (AvgIpc) is 2.40. The molecule has 1 aromatic carbocycles. The third kappa shape index (κ3) is 3.24. The minimum atomic E-state index is 0.316. The minimum absolute atomic E-state index is 0.316. The van der Waals surface area contributed by atoms with Gasteiger partial charge in [-0.25, -0.2) is 0 Å². The summed E-state index contributed by atoms with van der Waals surface area (Å²) < 4.78 is 0. The van der Waals surface area contributed by atoms with Gasteiger partial charge in [0, 0.05) is 31.9 Å². The van der Waals surface area contributed by atoms with Crippen LogP contribution in [0, 0.1) is 5.92 Å². The fraction of sp³-hybridized carbons (Fsp3) is 0.600. The number of para-hydroxylation sites is 1. The summed E-state index contributed by atoms with van der Waals surface area (Å²) in [6, 6.07) is 8.63. The maximum absolute atomic E-state index is 9.09. The molecule has 0 amide bonds. The van der Waals surface area contributed by atoms with Gasteiger partial charge in [-0.15, -0.1) is 0 Å². The van der Waals surface area contributed by atoms with Crippen molar-refractivity contribution < 1.29 is 5.11 Å². The maximum atomic E-state index is 9.09. The van der Waals surface area contributed by atoms with Crippen molar-refractivity contribution in [2.45, 2.75) is 25.8 Å². The highest BCUT2D eigenvalue weighted by molar-refractivity contribution is 5.54. The second-order valence-electron chi connectivity index (χ2n) is 5.13. The topological polar surface area (TPSA) is 35.5 Å². The molecule has 1 saturated heterocycles. The fourth-order valence-corrected chi connectivity index (χ4v) is 2.86. The predicted molar refractivity (Wildman–Crippen MR) is 75.8 cm³/mol.